The fraction of sp³-hybridized carbons (Fsp3) is 0.605. The summed E-state index contributed by atoms with van der Waals surface area (Å²) in [5.41, 5.74) is 2.53. The second-order valence-electron chi connectivity index (χ2n) is 15.7. The highest BCUT2D eigenvalue weighted by Gasteiger charge is 2.54. The first-order chi connectivity index (χ1) is 25.6. The molecule has 0 unspecified atom stereocenters. The van der Waals surface area contributed by atoms with Crippen molar-refractivity contribution in [3.05, 3.63) is 59.4 Å². The lowest BCUT2D eigenvalue weighted by molar-refractivity contribution is -0.111. The van der Waals surface area contributed by atoms with Crippen molar-refractivity contribution in [3.8, 4) is 17.4 Å². The average Bonchev–Trinajstić information content (AvgIpc) is 3.59. The molecule has 4 fully saturated rings. The van der Waals surface area contributed by atoms with Crippen molar-refractivity contribution in [1.82, 2.24) is 34.9 Å². The monoisotopic (exact) mass is 736 g/mol. The number of carbonyl (C=O) groups is 1. The van der Waals surface area contributed by atoms with Gasteiger partial charge in [-0.2, -0.15) is 0 Å². The maximum Gasteiger partial charge on any atom is 0.282 e. The number of amides is 1. The Hall–Kier alpha value is -4.08. The zero-order valence-electron chi connectivity index (χ0n) is 30.4. The summed E-state index contributed by atoms with van der Waals surface area (Å²) in [6, 6.07) is 5.15. The van der Waals surface area contributed by atoms with E-state index in [0.717, 1.165) is 107 Å². The second-order valence-corrected chi connectivity index (χ2v) is 15.7. The Morgan fingerprint density at radius 2 is 1.89 bits per heavy atom. The molecular weight excluding hydrogens is 689 g/mol. The molecule has 8 rings (SSSR count). The Balaban J connectivity index is 0.827. The lowest BCUT2D eigenvalue weighted by Crippen LogP contribution is -2.65. The molecule has 15 heteroatoms. The topological polar surface area (TPSA) is 109 Å². The van der Waals surface area contributed by atoms with Crippen LogP contribution in [-0.2, 0) is 17.7 Å². The Morgan fingerprint density at radius 1 is 1.08 bits per heavy atom. The van der Waals surface area contributed by atoms with E-state index in [9.17, 15) is 13.6 Å². The number of benzene rings is 1. The molecule has 1 aromatic carbocycles. The van der Waals surface area contributed by atoms with Gasteiger partial charge in [0.15, 0.2) is 17.4 Å². The number of likely N-dealkylation sites (tertiary alicyclic amines) is 1. The number of halogens is 3. The van der Waals surface area contributed by atoms with Gasteiger partial charge in [0, 0.05) is 86.8 Å². The Bertz CT molecular complexity index is 1790. The predicted molar refractivity (Wildman–Crippen MR) is 189 cm³/mol. The molecule has 0 N–H and O–H groups in total. The van der Waals surface area contributed by atoms with Crippen molar-refractivity contribution in [2.75, 3.05) is 63.9 Å². The first kappa shape index (κ1) is 35.9. The van der Waals surface area contributed by atoms with Gasteiger partial charge in [0.1, 0.15) is 18.2 Å². The molecule has 2 aromatic heterocycles. The molecule has 1 amide bonds. The second kappa shape index (κ2) is 14.6. The van der Waals surface area contributed by atoms with E-state index in [0.29, 0.717) is 5.82 Å². The molecule has 6 heterocycles. The minimum Gasteiger partial charge on any atom is -0.490 e. The van der Waals surface area contributed by atoms with Crippen LogP contribution in [-0.4, -0.2) is 124 Å². The van der Waals surface area contributed by atoms with E-state index in [2.05, 4.69) is 30.0 Å². The predicted octanol–water partition coefficient (Wildman–Crippen LogP) is 4.97. The first-order valence-corrected chi connectivity index (χ1v) is 18.8. The van der Waals surface area contributed by atoms with Crippen LogP contribution < -0.4 is 14.4 Å². The Labute approximate surface area is 307 Å². The van der Waals surface area contributed by atoms with Crippen LogP contribution >= 0.6 is 0 Å². The lowest BCUT2D eigenvalue weighted by Gasteiger charge is -2.58. The molecule has 284 valence electrons. The van der Waals surface area contributed by atoms with E-state index in [1.807, 2.05) is 17.2 Å². The van der Waals surface area contributed by atoms with Gasteiger partial charge in [-0.1, -0.05) is 0 Å². The molecule has 2 spiro atoms. The van der Waals surface area contributed by atoms with Crippen LogP contribution in [0.5, 0.6) is 17.4 Å². The number of anilines is 1. The Kier molecular flexibility index (Phi) is 9.92. The molecule has 0 atom stereocenters. The molecule has 4 aliphatic heterocycles. The molecule has 3 saturated heterocycles. The van der Waals surface area contributed by atoms with Gasteiger partial charge in [0.25, 0.3) is 18.2 Å². The number of aromatic nitrogens is 4. The van der Waals surface area contributed by atoms with Gasteiger partial charge in [-0.25, -0.2) is 18.2 Å². The third-order valence-electron chi connectivity index (χ3n) is 11.4. The van der Waals surface area contributed by atoms with Gasteiger partial charge in [0.2, 0.25) is 0 Å². The summed E-state index contributed by atoms with van der Waals surface area (Å²) in [5.74, 6) is -0.263. The molecule has 12 nitrogen and oxygen atoms in total. The summed E-state index contributed by atoms with van der Waals surface area (Å²) in [4.78, 5) is 30.0. The normalized spacial score (nSPS) is 20.7. The quantitative estimate of drug-likeness (QED) is 0.237. The minimum atomic E-state index is -2.70. The fourth-order valence-electron chi connectivity index (χ4n) is 8.76. The third-order valence-corrected chi connectivity index (χ3v) is 11.4. The van der Waals surface area contributed by atoms with Gasteiger partial charge in [-0.15, -0.1) is 10.2 Å². The van der Waals surface area contributed by atoms with Crippen LogP contribution in [0.1, 0.15) is 67.6 Å². The summed E-state index contributed by atoms with van der Waals surface area (Å²) in [6.45, 7) is 11.1. The summed E-state index contributed by atoms with van der Waals surface area (Å²) in [7, 11) is 0. The highest BCUT2D eigenvalue weighted by Crippen LogP contribution is 2.52. The van der Waals surface area contributed by atoms with Crippen molar-refractivity contribution in [2.45, 2.75) is 83.1 Å². The summed E-state index contributed by atoms with van der Waals surface area (Å²) < 4.78 is 59.7. The molecule has 0 radical (unpaired) electrons. The van der Waals surface area contributed by atoms with E-state index < -0.39 is 30.7 Å². The Morgan fingerprint density at radius 3 is 2.62 bits per heavy atom. The maximum absolute atomic E-state index is 15.2. The number of ether oxygens (including phenoxy) is 3. The minimum absolute atomic E-state index is 0.0403. The van der Waals surface area contributed by atoms with Crippen molar-refractivity contribution in [3.63, 3.8) is 0 Å². The number of pyridine rings is 1. The average molecular weight is 737 g/mol. The zero-order valence-corrected chi connectivity index (χ0v) is 30.4. The summed E-state index contributed by atoms with van der Waals surface area (Å²) in [6.07, 6.45) is 6.87. The molecule has 0 bridgehead atoms. The van der Waals surface area contributed by atoms with Crippen LogP contribution in [0.15, 0.2) is 36.8 Å². The molecule has 5 aliphatic rings. The highest BCUT2D eigenvalue weighted by molar-refractivity contribution is 5.94. The van der Waals surface area contributed by atoms with Crippen LogP contribution in [0.25, 0.3) is 0 Å². The molecule has 1 saturated carbocycles. The number of rotatable bonds is 13. The smallest absolute Gasteiger partial charge is 0.282 e. The van der Waals surface area contributed by atoms with Crippen molar-refractivity contribution < 1.29 is 32.2 Å². The van der Waals surface area contributed by atoms with E-state index in [4.69, 9.17) is 14.2 Å². The highest BCUT2D eigenvalue weighted by atomic mass is 19.3. The molecule has 1 aliphatic carbocycles. The van der Waals surface area contributed by atoms with Crippen molar-refractivity contribution in [1.29, 1.82) is 0 Å². The van der Waals surface area contributed by atoms with Gasteiger partial charge >= 0.3 is 0 Å². The van der Waals surface area contributed by atoms with Gasteiger partial charge in [-0.05, 0) is 83.3 Å². The maximum atomic E-state index is 15.2. The SMILES string of the molecule is CC(C)N(CC(F)F)C(=O)c1ccc(Oc2nncnc2N2CC3(CC(Oc4ccnc5c4CN(CCCN4CC6(CCCO6)C4)CC5)C3)C2)c(F)c1. The lowest BCUT2D eigenvalue weighted by atomic mass is 9.61. The first-order valence-electron chi connectivity index (χ1n) is 18.8. The summed E-state index contributed by atoms with van der Waals surface area (Å²) in [5, 5.41) is 7.91. The van der Waals surface area contributed by atoms with Gasteiger partial charge in [-0.3, -0.25) is 19.6 Å². The van der Waals surface area contributed by atoms with E-state index in [-0.39, 0.29) is 34.3 Å². The van der Waals surface area contributed by atoms with Crippen molar-refractivity contribution >= 4 is 11.7 Å². The van der Waals surface area contributed by atoms with Gasteiger partial charge in [0.05, 0.1) is 12.1 Å². The van der Waals surface area contributed by atoms with Crippen LogP contribution in [0.2, 0.25) is 0 Å². The van der Waals surface area contributed by atoms with E-state index >= 15 is 4.39 Å². The van der Waals surface area contributed by atoms with Gasteiger partial charge < -0.3 is 24.0 Å². The fourth-order valence-corrected chi connectivity index (χ4v) is 8.76. The molecule has 53 heavy (non-hydrogen) atoms. The van der Waals surface area contributed by atoms with E-state index in [1.165, 1.54) is 36.9 Å². The number of alkyl halides is 2. The number of hydrogen-bond donors (Lipinski definition) is 0. The number of hydrogen-bond acceptors (Lipinski definition) is 11. The third kappa shape index (κ3) is 7.52. The van der Waals surface area contributed by atoms with E-state index in [1.54, 1.807) is 13.8 Å². The van der Waals surface area contributed by atoms with Crippen molar-refractivity contribution in [2.24, 2.45) is 5.41 Å². The van der Waals surface area contributed by atoms with Crippen LogP contribution in [0.4, 0.5) is 19.0 Å². The summed E-state index contributed by atoms with van der Waals surface area (Å²) >= 11 is 0. The number of nitrogens with zero attached hydrogens (tertiary/aromatic N) is 8. The number of fused-ring (bicyclic) bond motifs is 1. The number of carbonyl (C=O) groups excluding carboxylic acids is 1. The van der Waals surface area contributed by atoms with Crippen LogP contribution in [0.3, 0.4) is 0 Å². The largest absolute Gasteiger partial charge is 0.490 e. The van der Waals surface area contributed by atoms with Crippen LogP contribution in [0, 0.1) is 11.2 Å². The molecule has 3 aromatic rings. The molecular formula is C38H47F3N8O4. The standard InChI is InChI=1S/C38H47F3N8O4/c1-25(2)49(19-33(40)41)36(50)26-5-6-32(29(39)15-26)53-35-34(43-24-44-45-35)48-20-37(21-48)16-27(17-37)52-31-7-10-42-30-8-13-46(18-28(30)31)11-4-12-47-22-38(23-47)9-3-14-51-38/h5-7,10,15,24-25,27,33H,3-4,8-9,11-14,16-23H2,1-2H3. The zero-order chi connectivity index (χ0) is 36.7.